The van der Waals surface area contributed by atoms with Crippen LogP contribution in [0.25, 0.3) is 0 Å². The van der Waals surface area contributed by atoms with Gasteiger partial charge < -0.3 is 9.64 Å². The van der Waals surface area contributed by atoms with Gasteiger partial charge in [-0.05, 0) is 62.0 Å². The van der Waals surface area contributed by atoms with E-state index < -0.39 is 10.0 Å². The van der Waals surface area contributed by atoms with Gasteiger partial charge in [0.05, 0.1) is 25.0 Å². The standard InChI is InChI=1S/C23H36N2O4S/c1-4-18-8-5-6-9-21(18)19-11-13-20(14-12-19)29-16-23-22(24-30(3,27)28)10-7-15-25(23)17(2)26/h5-6,8-9,19-20,22-24H,4,7,10-16H2,1-3H3/t19-,20+,22-,23-/m0/s1. The Hall–Kier alpha value is -1.44. The Kier molecular flexibility index (Phi) is 7.93. The number of hydrogen-bond acceptors (Lipinski definition) is 4. The zero-order chi connectivity index (χ0) is 21.7. The van der Waals surface area contributed by atoms with E-state index in [1.54, 1.807) is 11.8 Å². The van der Waals surface area contributed by atoms with Crippen molar-refractivity contribution in [1.82, 2.24) is 9.62 Å². The van der Waals surface area contributed by atoms with Crippen LogP contribution in [-0.4, -0.2) is 56.8 Å². The van der Waals surface area contributed by atoms with E-state index >= 15 is 0 Å². The van der Waals surface area contributed by atoms with E-state index in [1.165, 1.54) is 17.4 Å². The first-order chi connectivity index (χ1) is 14.3. The molecule has 1 heterocycles. The van der Waals surface area contributed by atoms with Crippen molar-refractivity contribution in [3.8, 4) is 0 Å². The molecule has 1 aliphatic heterocycles. The third-order valence-electron chi connectivity index (χ3n) is 6.60. The highest BCUT2D eigenvalue weighted by Gasteiger charge is 2.35. The molecule has 0 bridgehead atoms. The quantitative estimate of drug-likeness (QED) is 0.712. The van der Waals surface area contributed by atoms with Gasteiger partial charge in [-0.15, -0.1) is 0 Å². The second-order valence-corrected chi connectivity index (χ2v) is 10.6. The van der Waals surface area contributed by atoms with Crippen LogP contribution in [0.4, 0.5) is 0 Å². The van der Waals surface area contributed by atoms with E-state index in [9.17, 15) is 13.2 Å². The fourth-order valence-corrected chi connectivity index (χ4v) is 5.92. The number of piperidine rings is 1. The van der Waals surface area contributed by atoms with E-state index in [0.717, 1.165) is 44.9 Å². The number of rotatable bonds is 7. The number of amides is 1. The Labute approximate surface area is 181 Å². The summed E-state index contributed by atoms with van der Waals surface area (Å²) in [5.74, 6) is 0.563. The fraction of sp³-hybridized carbons (Fsp3) is 0.696. The number of likely N-dealkylation sites (tertiary alicyclic amines) is 1. The van der Waals surface area contributed by atoms with Crippen molar-refractivity contribution in [2.75, 3.05) is 19.4 Å². The maximum atomic E-state index is 12.1. The summed E-state index contributed by atoms with van der Waals surface area (Å²) in [5.41, 5.74) is 2.92. The minimum atomic E-state index is -3.34. The molecule has 0 unspecified atom stereocenters. The molecule has 1 saturated carbocycles. The fourth-order valence-electron chi connectivity index (χ4n) is 5.10. The molecule has 30 heavy (non-hydrogen) atoms. The number of ether oxygens (including phenoxy) is 1. The van der Waals surface area contributed by atoms with E-state index in [1.807, 2.05) is 0 Å². The zero-order valence-corrected chi connectivity index (χ0v) is 19.3. The topological polar surface area (TPSA) is 75.7 Å². The van der Waals surface area contributed by atoms with Gasteiger partial charge in [0.1, 0.15) is 0 Å². The van der Waals surface area contributed by atoms with E-state index in [2.05, 4.69) is 35.9 Å². The first-order valence-corrected chi connectivity index (χ1v) is 13.1. The highest BCUT2D eigenvalue weighted by Crippen LogP contribution is 2.36. The summed E-state index contributed by atoms with van der Waals surface area (Å²) in [6.45, 7) is 4.80. The lowest BCUT2D eigenvalue weighted by Gasteiger charge is -2.41. The summed E-state index contributed by atoms with van der Waals surface area (Å²) in [6, 6.07) is 8.20. The minimum Gasteiger partial charge on any atom is -0.376 e. The highest BCUT2D eigenvalue weighted by molar-refractivity contribution is 7.88. The van der Waals surface area contributed by atoms with Crippen LogP contribution in [0, 0.1) is 0 Å². The van der Waals surface area contributed by atoms with Crippen molar-refractivity contribution in [3.63, 3.8) is 0 Å². The molecular formula is C23H36N2O4S. The number of nitrogens with zero attached hydrogens (tertiary/aromatic N) is 1. The Bertz CT molecular complexity index is 818. The van der Waals surface area contributed by atoms with Crippen molar-refractivity contribution in [3.05, 3.63) is 35.4 Å². The molecule has 1 N–H and O–H groups in total. The van der Waals surface area contributed by atoms with Gasteiger partial charge in [-0.1, -0.05) is 31.2 Å². The summed E-state index contributed by atoms with van der Waals surface area (Å²) in [5, 5.41) is 0. The zero-order valence-electron chi connectivity index (χ0n) is 18.5. The monoisotopic (exact) mass is 436 g/mol. The molecule has 0 spiro atoms. The van der Waals surface area contributed by atoms with Crippen molar-refractivity contribution in [1.29, 1.82) is 0 Å². The number of aryl methyl sites for hydroxylation is 1. The van der Waals surface area contributed by atoms with E-state index in [0.29, 0.717) is 19.1 Å². The van der Waals surface area contributed by atoms with Crippen molar-refractivity contribution in [2.24, 2.45) is 0 Å². The minimum absolute atomic E-state index is 0.0246. The predicted molar refractivity (Wildman–Crippen MR) is 119 cm³/mol. The largest absolute Gasteiger partial charge is 0.376 e. The Morgan fingerprint density at radius 1 is 1.17 bits per heavy atom. The van der Waals surface area contributed by atoms with Crippen LogP contribution in [0.1, 0.15) is 69.4 Å². The van der Waals surface area contributed by atoms with E-state index in [-0.39, 0.29) is 24.1 Å². The van der Waals surface area contributed by atoms with Crippen LogP contribution in [0.15, 0.2) is 24.3 Å². The predicted octanol–water partition coefficient (Wildman–Crippen LogP) is 3.22. The van der Waals surface area contributed by atoms with Gasteiger partial charge in [0.25, 0.3) is 0 Å². The van der Waals surface area contributed by atoms with Crippen LogP contribution >= 0.6 is 0 Å². The number of benzene rings is 1. The second kappa shape index (κ2) is 10.2. The Morgan fingerprint density at radius 2 is 1.87 bits per heavy atom. The smallest absolute Gasteiger partial charge is 0.219 e. The molecule has 168 valence electrons. The van der Waals surface area contributed by atoms with Crippen LogP contribution in [0.2, 0.25) is 0 Å². The van der Waals surface area contributed by atoms with Gasteiger partial charge in [-0.2, -0.15) is 0 Å². The normalized spacial score (nSPS) is 27.8. The van der Waals surface area contributed by atoms with Crippen molar-refractivity contribution in [2.45, 2.75) is 82.9 Å². The average molecular weight is 437 g/mol. The summed E-state index contributed by atoms with van der Waals surface area (Å²) in [7, 11) is -3.34. The van der Waals surface area contributed by atoms with Gasteiger partial charge in [0.15, 0.2) is 0 Å². The maximum absolute atomic E-state index is 12.1. The SMILES string of the molecule is CCc1ccccc1[C@H]1CC[C@@H](OC[C@H]2[C@@H](NS(C)(=O)=O)CCCN2C(C)=O)CC1. The molecule has 7 heteroatoms. The molecule has 0 aromatic heterocycles. The van der Waals surface area contributed by atoms with Crippen molar-refractivity contribution >= 4 is 15.9 Å². The Morgan fingerprint density at radius 3 is 2.50 bits per heavy atom. The molecule has 2 atom stereocenters. The third-order valence-corrected chi connectivity index (χ3v) is 7.33. The van der Waals surface area contributed by atoms with Gasteiger partial charge in [-0.25, -0.2) is 13.1 Å². The molecule has 1 aromatic rings. The molecule has 1 aromatic carbocycles. The van der Waals surface area contributed by atoms with Crippen LogP contribution in [-0.2, 0) is 26.0 Å². The van der Waals surface area contributed by atoms with E-state index in [4.69, 9.17) is 4.74 Å². The maximum Gasteiger partial charge on any atom is 0.219 e. The molecule has 0 radical (unpaired) electrons. The first-order valence-electron chi connectivity index (χ1n) is 11.2. The Balaban J connectivity index is 1.58. The molecule has 6 nitrogen and oxygen atoms in total. The molecule has 3 rings (SSSR count). The molecule has 1 saturated heterocycles. The van der Waals surface area contributed by atoms with Gasteiger partial charge in [0.2, 0.25) is 15.9 Å². The molecular weight excluding hydrogens is 400 g/mol. The van der Waals surface area contributed by atoms with Gasteiger partial charge in [0, 0.05) is 19.5 Å². The molecule has 2 aliphatic rings. The highest BCUT2D eigenvalue weighted by atomic mass is 32.2. The van der Waals surface area contributed by atoms with Crippen LogP contribution < -0.4 is 4.72 Å². The molecule has 1 aliphatic carbocycles. The number of carbonyl (C=O) groups is 1. The summed E-state index contributed by atoms with van der Waals surface area (Å²) in [6.07, 6.45) is 8.14. The van der Waals surface area contributed by atoms with Gasteiger partial charge >= 0.3 is 0 Å². The van der Waals surface area contributed by atoms with Gasteiger partial charge in [-0.3, -0.25) is 4.79 Å². The van der Waals surface area contributed by atoms with Crippen LogP contribution in [0.3, 0.4) is 0 Å². The van der Waals surface area contributed by atoms with Crippen molar-refractivity contribution < 1.29 is 17.9 Å². The van der Waals surface area contributed by atoms with Crippen LogP contribution in [0.5, 0.6) is 0 Å². The second-order valence-electron chi connectivity index (χ2n) is 8.78. The lowest BCUT2D eigenvalue weighted by molar-refractivity contribution is -0.136. The summed E-state index contributed by atoms with van der Waals surface area (Å²) >= 11 is 0. The first kappa shape index (κ1) is 23.2. The molecule has 1 amide bonds. The average Bonchev–Trinajstić information content (AvgIpc) is 2.72. The molecule has 2 fully saturated rings. The lowest BCUT2D eigenvalue weighted by Crippen LogP contribution is -2.58. The third kappa shape index (κ3) is 6.05. The lowest BCUT2D eigenvalue weighted by atomic mass is 9.80. The number of hydrogen-bond donors (Lipinski definition) is 1. The number of sulfonamides is 1. The number of carbonyl (C=O) groups excluding carboxylic acids is 1. The summed E-state index contributed by atoms with van der Waals surface area (Å²) in [4.78, 5) is 13.9. The number of nitrogens with one attached hydrogen (secondary N) is 1. The summed E-state index contributed by atoms with van der Waals surface area (Å²) < 4.78 is 32.6.